The molecule has 5 heteroatoms. The van der Waals surface area contributed by atoms with Gasteiger partial charge in [-0.15, -0.1) is 0 Å². The fraction of sp³-hybridized carbons (Fsp3) is 0.611. The van der Waals surface area contributed by atoms with Gasteiger partial charge in [0, 0.05) is 45.8 Å². The van der Waals surface area contributed by atoms with E-state index in [1.807, 2.05) is 11.0 Å². The zero-order valence-electron chi connectivity index (χ0n) is 13.7. The molecular formula is C18H27N3O2. The molecule has 1 aromatic carbocycles. The van der Waals surface area contributed by atoms with Crippen molar-refractivity contribution in [1.82, 2.24) is 14.7 Å². The summed E-state index contributed by atoms with van der Waals surface area (Å²) >= 11 is 0. The Morgan fingerprint density at radius 3 is 2.26 bits per heavy atom. The summed E-state index contributed by atoms with van der Waals surface area (Å²) < 4.78 is 0. The summed E-state index contributed by atoms with van der Waals surface area (Å²) in [5, 5.41) is 9.53. The van der Waals surface area contributed by atoms with Gasteiger partial charge in [0.1, 0.15) is 0 Å². The summed E-state index contributed by atoms with van der Waals surface area (Å²) in [5.74, 6) is 0.237. The third-order valence-electron chi connectivity index (χ3n) is 4.89. The van der Waals surface area contributed by atoms with Crippen LogP contribution in [-0.4, -0.2) is 77.6 Å². The molecule has 3 rings (SSSR count). The van der Waals surface area contributed by atoms with Crippen molar-refractivity contribution in [1.29, 1.82) is 0 Å². The maximum atomic E-state index is 12.4. The monoisotopic (exact) mass is 317 g/mol. The Labute approximate surface area is 138 Å². The smallest absolute Gasteiger partial charge is 0.236 e. The maximum absolute atomic E-state index is 12.4. The number of amides is 1. The van der Waals surface area contributed by atoms with Crippen LogP contribution in [0.4, 0.5) is 0 Å². The highest BCUT2D eigenvalue weighted by atomic mass is 16.3. The molecule has 0 spiro atoms. The van der Waals surface area contributed by atoms with Crippen LogP contribution in [0.2, 0.25) is 0 Å². The van der Waals surface area contributed by atoms with E-state index in [-0.39, 0.29) is 12.0 Å². The Balaban J connectivity index is 1.40. The number of carbonyl (C=O) groups is 1. The number of rotatable bonds is 4. The van der Waals surface area contributed by atoms with Gasteiger partial charge in [-0.1, -0.05) is 30.3 Å². The first-order valence-corrected chi connectivity index (χ1v) is 8.65. The lowest BCUT2D eigenvalue weighted by Gasteiger charge is -2.36. The van der Waals surface area contributed by atoms with Gasteiger partial charge in [0.2, 0.25) is 5.91 Å². The lowest BCUT2D eigenvalue weighted by Crippen LogP contribution is -2.51. The van der Waals surface area contributed by atoms with Crippen LogP contribution in [0.15, 0.2) is 30.3 Å². The van der Waals surface area contributed by atoms with Crippen LogP contribution < -0.4 is 0 Å². The Hall–Kier alpha value is -1.43. The van der Waals surface area contributed by atoms with Crippen molar-refractivity contribution in [2.24, 2.45) is 0 Å². The minimum atomic E-state index is -0.178. The molecule has 2 fully saturated rings. The van der Waals surface area contributed by atoms with Crippen LogP contribution in [0.5, 0.6) is 0 Å². The van der Waals surface area contributed by atoms with Crippen molar-refractivity contribution in [2.75, 3.05) is 45.8 Å². The van der Waals surface area contributed by atoms with E-state index in [1.165, 1.54) is 5.56 Å². The number of aliphatic hydroxyl groups is 1. The first-order valence-electron chi connectivity index (χ1n) is 8.65. The van der Waals surface area contributed by atoms with E-state index in [0.717, 1.165) is 58.7 Å². The molecule has 0 aliphatic carbocycles. The molecule has 0 unspecified atom stereocenters. The van der Waals surface area contributed by atoms with Crippen molar-refractivity contribution < 1.29 is 9.90 Å². The molecule has 0 radical (unpaired) electrons. The number of piperidine rings is 1. The molecule has 1 N–H and O–H groups in total. The zero-order valence-corrected chi connectivity index (χ0v) is 13.7. The summed E-state index contributed by atoms with van der Waals surface area (Å²) in [4.78, 5) is 19.0. The summed E-state index contributed by atoms with van der Waals surface area (Å²) in [7, 11) is 0. The normalized spacial score (nSPS) is 21.5. The van der Waals surface area contributed by atoms with E-state index in [4.69, 9.17) is 0 Å². The number of aliphatic hydroxyl groups excluding tert-OH is 1. The topological polar surface area (TPSA) is 47.0 Å². The summed E-state index contributed by atoms with van der Waals surface area (Å²) in [6.07, 6.45) is 1.40. The van der Waals surface area contributed by atoms with Crippen LogP contribution >= 0.6 is 0 Å². The molecule has 2 saturated heterocycles. The highest BCUT2D eigenvalue weighted by Crippen LogP contribution is 2.12. The minimum Gasteiger partial charge on any atom is -0.393 e. The second-order valence-electron chi connectivity index (χ2n) is 6.65. The summed E-state index contributed by atoms with van der Waals surface area (Å²) in [6, 6.07) is 10.5. The van der Waals surface area contributed by atoms with Crippen molar-refractivity contribution >= 4 is 5.91 Å². The first kappa shape index (κ1) is 16.4. The number of piperazine rings is 1. The van der Waals surface area contributed by atoms with Gasteiger partial charge in [0.15, 0.2) is 0 Å². The summed E-state index contributed by atoms with van der Waals surface area (Å²) in [6.45, 7) is 6.67. The SMILES string of the molecule is O=C(CN1CCC(O)CC1)N1CCN(Cc2ccccc2)CC1. The van der Waals surface area contributed by atoms with Crippen molar-refractivity contribution in [3.05, 3.63) is 35.9 Å². The van der Waals surface area contributed by atoms with Gasteiger partial charge in [-0.3, -0.25) is 14.6 Å². The molecule has 0 bridgehead atoms. The van der Waals surface area contributed by atoms with Crippen LogP contribution in [0.25, 0.3) is 0 Å². The van der Waals surface area contributed by atoms with Crippen LogP contribution in [0.3, 0.4) is 0 Å². The fourth-order valence-electron chi connectivity index (χ4n) is 3.37. The second-order valence-corrected chi connectivity index (χ2v) is 6.65. The van der Waals surface area contributed by atoms with E-state index < -0.39 is 0 Å². The van der Waals surface area contributed by atoms with E-state index >= 15 is 0 Å². The van der Waals surface area contributed by atoms with E-state index in [0.29, 0.717) is 6.54 Å². The number of benzene rings is 1. The molecule has 2 aliphatic rings. The van der Waals surface area contributed by atoms with E-state index in [2.05, 4.69) is 34.1 Å². The molecule has 0 atom stereocenters. The molecule has 0 aromatic heterocycles. The van der Waals surface area contributed by atoms with Gasteiger partial charge in [0.05, 0.1) is 12.6 Å². The van der Waals surface area contributed by atoms with Gasteiger partial charge < -0.3 is 10.0 Å². The summed E-state index contributed by atoms with van der Waals surface area (Å²) in [5.41, 5.74) is 1.33. The van der Waals surface area contributed by atoms with Gasteiger partial charge >= 0.3 is 0 Å². The first-order chi connectivity index (χ1) is 11.2. The predicted molar refractivity (Wildman–Crippen MR) is 90.0 cm³/mol. The van der Waals surface area contributed by atoms with Crippen molar-refractivity contribution in [2.45, 2.75) is 25.5 Å². The number of nitrogens with zero attached hydrogens (tertiary/aromatic N) is 3. The third kappa shape index (κ3) is 4.77. The van der Waals surface area contributed by atoms with Crippen LogP contribution in [0, 0.1) is 0 Å². The standard InChI is InChI=1S/C18H27N3O2/c22-17-6-8-19(9-7-17)15-18(23)21-12-10-20(11-13-21)14-16-4-2-1-3-5-16/h1-5,17,22H,6-15H2. The Kier molecular flexibility index (Phi) is 5.65. The second kappa shape index (κ2) is 7.90. The van der Waals surface area contributed by atoms with Gasteiger partial charge in [-0.05, 0) is 18.4 Å². The average Bonchev–Trinajstić information content (AvgIpc) is 2.58. The number of hydrogen-bond acceptors (Lipinski definition) is 4. The predicted octanol–water partition coefficient (Wildman–Crippen LogP) is 0.788. The maximum Gasteiger partial charge on any atom is 0.236 e. The Morgan fingerprint density at radius 2 is 1.61 bits per heavy atom. The quantitative estimate of drug-likeness (QED) is 0.892. The number of likely N-dealkylation sites (tertiary alicyclic amines) is 1. The fourth-order valence-corrected chi connectivity index (χ4v) is 3.37. The average molecular weight is 317 g/mol. The highest BCUT2D eigenvalue weighted by molar-refractivity contribution is 5.78. The van der Waals surface area contributed by atoms with Crippen molar-refractivity contribution in [3.8, 4) is 0 Å². The zero-order chi connectivity index (χ0) is 16.1. The molecule has 1 aromatic rings. The number of carbonyl (C=O) groups excluding carboxylic acids is 1. The van der Waals surface area contributed by atoms with E-state index in [1.54, 1.807) is 0 Å². The molecule has 5 nitrogen and oxygen atoms in total. The highest BCUT2D eigenvalue weighted by Gasteiger charge is 2.24. The molecule has 2 aliphatic heterocycles. The lowest BCUT2D eigenvalue weighted by atomic mass is 10.1. The van der Waals surface area contributed by atoms with Gasteiger partial charge in [-0.25, -0.2) is 0 Å². The third-order valence-corrected chi connectivity index (χ3v) is 4.89. The Bertz CT molecular complexity index is 492. The van der Waals surface area contributed by atoms with E-state index in [9.17, 15) is 9.90 Å². The van der Waals surface area contributed by atoms with Crippen LogP contribution in [0.1, 0.15) is 18.4 Å². The molecule has 23 heavy (non-hydrogen) atoms. The number of hydrogen-bond donors (Lipinski definition) is 1. The molecule has 1 amide bonds. The largest absolute Gasteiger partial charge is 0.393 e. The molecular weight excluding hydrogens is 290 g/mol. The van der Waals surface area contributed by atoms with Crippen molar-refractivity contribution in [3.63, 3.8) is 0 Å². The van der Waals surface area contributed by atoms with Gasteiger partial charge in [0.25, 0.3) is 0 Å². The molecule has 126 valence electrons. The Morgan fingerprint density at radius 1 is 0.957 bits per heavy atom. The van der Waals surface area contributed by atoms with Gasteiger partial charge in [-0.2, -0.15) is 0 Å². The molecule has 0 saturated carbocycles. The van der Waals surface area contributed by atoms with Crippen LogP contribution in [-0.2, 0) is 11.3 Å². The molecule has 2 heterocycles. The minimum absolute atomic E-state index is 0.178. The lowest BCUT2D eigenvalue weighted by molar-refractivity contribution is -0.134.